The Morgan fingerprint density at radius 3 is 2.60 bits per heavy atom. The van der Waals surface area contributed by atoms with Crippen molar-refractivity contribution in [1.82, 2.24) is 9.78 Å². The number of hydrogen-bond acceptors (Lipinski definition) is 3. The molecule has 0 radical (unpaired) electrons. The van der Waals surface area contributed by atoms with Crippen molar-refractivity contribution in [3.63, 3.8) is 0 Å². The lowest BCUT2D eigenvalue weighted by atomic mass is 10.1. The first kappa shape index (κ1) is 13.8. The molecule has 4 nitrogen and oxygen atoms in total. The fraction of sp³-hybridized carbons (Fsp3) is 0.188. The molecule has 0 fully saturated rings. The zero-order chi connectivity index (χ0) is 14.5. The predicted molar refractivity (Wildman–Crippen MR) is 77.1 cm³/mol. The van der Waals surface area contributed by atoms with Crippen molar-refractivity contribution in [2.24, 2.45) is 0 Å². The number of aromatic nitrogens is 2. The van der Waals surface area contributed by atoms with Crippen LogP contribution in [0.5, 0.6) is 0 Å². The van der Waals surface area contributed by atoms with Crippen LogP contribution in [0.1, 0.15) is 41.4 Å². The van der Waals surface area contributed by atoms with Gasteiger partial charge in [0.2, 0.25) is 0 Å². The van der Waals surface area contributed by atoms with Crippen LogP contribution in [0.15, 0.2) is 42.7 Å². The van der Waals surface area contributed by atoms with Crippen molar-refractivity contribution in [3.8, 4) is 6.07 Å². The molecule has 0 aliphatic carbocycles. The summed E-state index contributed by atoms with van der Waals surface area (Å²) in [7, 11) is 0. The average molecular weight is 265 g/mol. The maximum absolute atomic E-state index is 12.0. The summed E-state index contributed by atoms with van der Waals surface area (Å²) in [6.07, 6.45) is 6.57. The molecule has 1 aromatic carbocycles. The van der Waals surface area contributed by atoms with E-state index in [0.717, 1.165) is 5.56 Å². The Hall–Kier alpha value is -2.67. The van der Waals surface area contributed by atoms with Gasteiger partial charge in [-0.3, -0.25) is 9.48 Å². The van der Waals surface area contributed by atoms with E-state index in [1.54, 1.807) is 47.4 Å². The highest BCUT2D eigenvalue weighted by Gasteiger charge is 2.06. The van der Waals surface area contributed by atoms with Crippen molar-refractivity contribution < 1.29 is 4.79 Å². The van der Waals surface area contributed by atoms with Gasteiger partial charge >= 0.3 is 0 Å². The van der Waals surface area contributed by atoms with E-state index in [1.165, 1.54) is 6.08 Å². The number of ketones is 1. The first-order chi connectivity index (χ1) is 9.60. The third-order valence-electron chi connectivity index (χ3n) is 2.88. The van der Waals surface area contributed by atoms with Crippen LogP contribution in [-0.4, -0.2) is 15.6 Å². The fourth-order valence-corrected chi connectivity index (χ4v) is 1.68. The number of allylic oxidation sites excluding steroid dienone is 1. The molecule has 0 saturated heterocycles. The van der Waals surface area contributed by atoms with Crippen LogP contribution in [0.25, 0.3) is 6.08 Å². The standard InChI is InChI=1S/C16H15N3O/c1-12(2)19-11-15(10-18-19)16(20)8-7-13-3-5-14(9-17)6-4-13/h3-8,10-12H,1-2H3/b8-7+. The van der Waals surface area contributed by atoms with E-state index in [1.807, 2.05) is 13.8 Å². The molecule has 0 unspecified atom stereocenters. The molecular formula is C16H15N3O. The molecule has 2 aromatic rings. The summed E-state index contributed by atoms with van der Waals surface area (Å²) in [6, 6.07) is 9.35. The van der Waals surface area contributed by atoms with Gasteiger partial charge in [0, 0.05) is 12.2 Å². The van der Waals surface area contributed by atoms with Gasteiger partial charge in [0.1, 0.15) is 0 Å². The van der Waals surface area contributed by atoms with Crippen LogP contribution in [0, 0.1) is 11.3 Å². The van der Waals surface area contributed by atoms with Gasteiger partial charge in [-0.1, -0.05) is 18.2 Å². The number of nitrogens with zero attached hydrogens (tertiary/aromatic N) is 3. The Labute approximate surface area is 118 Å². The molecule has 100 valence electrons. The van der Waals surface area contributed by atoms with Crippen LogP contribution >= 0.6 is 0 Å². The van der Waals surface area contributed by atoms with Crippen molar-refractivity contribution in [2.75, 3.05) is 0 Å². The Morgan fingerprint density at radius 2 is 2.05 bits per heavy atom. The molecule has 0 aliphatic heterocycles. The molecule has 0 spiro atoms. The SMILES string of the molecule is CC(C)n1cc(C(=O)/C=C/c2ccc(C#N)cc2)cn1. The predicted octanol–water partition coefficient (Wildman–Crippen LogP) is 3.23. The van der Waals surface area contributed by atoms with Gasteiger partial charge in [0.05, 0.1) is 23.4 Å². The normalized spacial score (nSPS) is 10.9. The molecule has 4 heteroatoms. The topological polar surface area (TPSA) is 58.7 Å². The molecule has 2 rings (SSSR count). The van der Waals surface area contributed by atoms with Crippen molar-refractivity contribution in [1.29, 1.82) is 5.26 Å². The molecule has 0 N–H and O–H groups in total. The van der Waals surface area contributed by atoms with Gasteiger partial charge in [-0.2, -0.15) is 10.4 Å². The second kappa shape index (κ2) is 5.98. The largest absolute Gasteiger partial charge is 0.289 e. The molecular weight excluding hydrogens is 250 g/mol. The van der Waals surface area contributed by atoms with Gasteiger partial charge in [-0.25, -0.2) is 0 Å². The van der Waals surface area contributed by atoms with Gasteiger partial charge in [0.15, 0.2) is 5.78 Å². The van der Waals surface area contributed by atoms with E-state index in [2.05, 4.69) is 11.2 Å². The maximum atomic E-state index is 12.0. The first-order valence-corrected chi connectivity index (χ1v) is 6.37. The van der Waals surface area contributed by atoms with E-state index in [0.29, 0.717) is 11.1 Å². The lowest BCUT2D eigenvalue weighted by Gasteiger charge is -2.02. The third-order valence-corrected chi connectivity index (χ3v) is 2.88. The van der Waals surface area contributed by atoms with Crippen molar-refractivity contribution >= 4 is 11.9 Å². The molecule has 0 saturated carbocycles. The highest BCUT2D eigenvalue weighted by atomic mass is 16.1. The summed E-state index contributed by atoms with van der Waals surface area (Å²) in [5.41, 5.74) is 2.06. The van der Waals surface area contributed by atoms with Crippen molar-refractivity contribution in [2.45, 2.75) is 19.9 Å². The lowest BCUT2D eigenvalue weighted by Crippen LogP contribution is -2.00. The summed E-state index contributed by atoms with van der Waals surface area (Å²) in [5, 5.41) is 12.9. The number of carbonyl (C=O) groups is 1. The molecule has 20 heavy (non-hydrogen) atoms. The maximum Gasteiger partial charge on any atom is 0.189 e. The number of benzene rings is 1. The average Bonchev–Trinajstić information content (AvgIpc) is 2.95. The second-order valence-electron chi connectivity index (χ2n) is 4.73. The van der Waals surface area contributed by atoms with E-state index in [4.69, 9.17) is 5.26 Å². The summed E-state index contributed by atoms with van der Waals surface area (Å²) in [6.45, 7) is 4.02. The molecule has 1 aromatic heterocycles. The Balaban J connectivity index is 2.09. The minimum absolute atomic E-state index is 0.0822. The molecule has 0 amide bonds. The van der Waals surface area contributed by atoms with Crippen LogP contribution in [0.4, 0.5) is 0 Å². The van der Waals surface area contributed by atoms with E-state index < -0.39 is 0 Å². The zero-order valence-corrected chi connectivity index (χ0v) is 11.4. The van der Waals surface area contributed by atoms with Gasteiger partial charge < -0.3 is 0 Å². The first-order valence-electron chi connectivity index (χ1n) is 6.37. The number of carbonyl (C=O) groups excluding carboxylic acids is 1. The van der Waals surface area contributed by atoms with E-state index >= 15 is 0 Å². The number of hydrogen-bond donors (Lipinski definition) is 0. The molecule has 0 aliphatic rings. The van der Waals surface area contributed by atoms with Crippen LogP contribution < -0.4 is 0 Å². The molecule has 0 bridgehead atoms. The number of nitriles is 1. The Morgan fingerprint density at radius 1 is 1.35 bits per heavy atom. The molecule has 0 atom stereocenters. The summed E-state index contributed by atoms with van der Waals surface area (Å²) >= 11 is 0. The highest BCUT2D eigenvalue weighted by Crippen LogP contribution is 2.09. The van der Waals surface area contributed by atoms with E-state index in [-0.39, 0.29) is 11.8 Å². The van der Waals surface area contributed by atoms with Gasteiger partial charge in [0.25, 0.3) is 0 Å². The minimum atomic E-state index is -0.0822. The summed E-state index contributed by atoms with van der Waals surface area (Å²) in [4.78, 5) is 12.0. The second-order valence-corrected chi connectivity index (χ2v) is 4.73. The van der Waals surface area contributed by atoms with Crippen LogP contribution in [-0.2, 0) is 0 Å². The quantitative estimate of drug-likeness (QED) is 0.630. The lowest BCUT2D eigenvalue weighted by molar-refractivity contribution is 0.104. The minimum Gasteiger partial charge on any atom is -0.289 e. The van der Waals surface area contributed by atoms with E-state index in [9.17, 15) is 4.79 Å². The smallest absolute Gasteiger partial charge is 0.189 e. The summed E-state index contributed by atoms with van der Waals surface area (Å²) in [5.74, 6) is -0.0822. The van der Waals surface area contributed by atoms with Crippen LogP contribution in [0.3, 0.4) is 0 Å². The Bertz CT molecular complexity index is 672. The van der Waals surface area contributed by atoms with Crippen molar-refractivity contribution in [3.05, 3.63) is 59.4 Å². The highest BCUT2D eigenvalue weighted by molar-refractivity contribution is 6.06. The van der Waals surface area contributed by atoms with Gasteiger partial charge in [-0.05, 0) is 37.6 Å². The third kappa shape index (κ3) is 3.21. The van der Waals surface area contributed by atoms with Crippen LogP contribution in [0.2, 0.25) is 0 Å². The molecule has 1 heterocycles. The fourth-order valence-electron chi connectivity index (χ4n) is 1.68. The number of rotatable bonds is 4. The Kier molecular flexibility index (Phi) is 4.11. The van der Waals surface area contributed by atoms with Gasteiger partial charge in [-0.15, -0.1) is 0 Å². The summed E-state index contributed by atoms with van der Waals surface area (Å²) < 4.78 is 1.75. The monoisotopic (exact) mass is 265 g/mol. The zero-order valence-electron chi connectivity index (χ0n) is 11.4.